The van der Waals surface area contributed by atoms with Crippen molar-refractivity contribution in [3.8, 4) is 28.7 Å². The van der Waals surface area contributed by atoms with Crippen molar-refractivity contribution in [1.29, 1.82) is 5.26 Å². The maximum atomic E-state index is 12.7. The monoisotopic (exact) mass is 435 g/mol. The number of pyridine rings is 1. The Morgan fingerprint density at radius 2 is 2.09 bits per heavy atom. The van der Waals surface area contributed by atoms with Gasteiger partial charge in [-0.25, -0.2) is 9.67 Å². The molecule has 9 nitrogen and oxygen atoms in total. The van der Waals surface area contributed by atoms with E-state index in [-0.39, 0.29) is 18.8 Å². The molecule has 9 heteroatoms. The molecule has 1 aliphatic rings. The Labute approximate surface area is 185 Å². The summed E-state index contributed by atoms with van der Waals surface area (Å²) in [6.45, 7) is 8.02. The molecule has 166 valence electrons. The van der Waals surface area contributed by atoms with Gasteiger partial charge >= 0.3 is 0 Å². The average molecular weight is 435 g/mol. The van der Waals surface area contributed by atoms with Crippen molar-refractivity contribution in [3.05, 3.63) is 30.0 Å². The number of amides is 1. The Morgan fingerprint density at radius 1 is 1.31 bits per heavy atom. The number of benzene rings is 1. The van der Waals surface area contributed by atoms with E-state index in [0.29, 0.717) is 40.5 Å². The number of carbonyl (C=O) groups excluding carboxylic acids is 1. The van der Waals surface area contributed by atoms with Crippen LogP contribution in [0.3, 0.4) is 0 Å². The molecule has 1 N–H and O–H groups in total. The Hall–Kier alpha value is -3.64. The van der Waals surface area contributed by atoms with Crippen LogP contribution in [0.5, 0.6) is 11.5 Å². The summed E-state index contributed by atoms with van der Waals surface area (Å²) in [5.74, 6) is 1.25. The largest absolute Gasteiger partial charge is 0.454 e. The number of fused-ring (bicyclic) bond motifs is 2. The predicted octanol–water partition coefficient (Wildman–Crippen LogP) is 3.72. The van der Waals surface area contributed by atoms with E-state index >= 15 is 0 Å². The van der Waals surface area contributed by atoms with Crippen LogP contribution < -0.4 is 14.8 Å². The van der Waals surface area contributed by atoms with Crippen molar-refractivity contribution in [1.82, 2.24) is 14.8 Å². The molecule has 3 heterocycles. The van der Waals surface area contributed by atoms with Crippen molar-refractivity contribution in [2.24, 2.45) is 5.41 Å². The number of ether oxygens (including phenoxy) is 3. The van der Waals surface area contributed by atoms with Gasteiger partial charge in [0.2, 0.25) is 12.7 Å². The van der Waals surface area contributed by atoms with E-state index in [1.165, 1.54) is 0 Å². The van der Waals surface area contributed by atoms with Crippen LogP contribution in [0.15, 0.2) is 24.4 Å². The van der Waals surface area contributed by atoms with Crippen LogP contribution in [-0.2, 0) is 16.1 Å². The standard InChI is InChI=1S/C23H25N5O4/c1-13(30-5)11-28-21-17(20(27-28)26-22(29)23(2,3)4)7-16(10-25-21)14-6-15(9-24)19-18(8-14)31-12-32-19/h6-8,10,13H,11-12H2,1-5H3,(H,26,27,29). The second-order valence-electron chi connectivity index (χ2n) is 8.75. The fourth-order valence-corrected chi connectivity index (χ4v) is 3.31. The minimum absolute atomic E-state index is 0.0815. The Kier molecular flexibility index (Phi) is 5.48. The molecule has 0 saturated carbocycles. The second-order valence-corrected chi connectivity index (χ2v) is 8.75. The molecule has 1 aliphatic heterocycles. The first-order valence-corrected chi connectivity index (χ1v) is 10.3. The predicted molar refractivity (Wildman–Crippen MR) is 118 cm³/mol. The lowest BCUT2D eigenvalue weighted by Gasteiger charge is -2.16. The van der Waals surface area contributed by atoms with Crippen molar-refractivity contribution < 1.29 is 19.0 Å². The first-order valence-electron chi connectivity index (χ1n) is 10.3. The number of nitrogens with zero attached hydrogens (tertiary/aromatic N) is 4. The maximum absolute atomic E-state index is 12.7. The smallest absolute Gasteiger partial charge is 0.231 e. The van der Waals surface area contributed by atoms with Crippen LogP contribution in [0.1, 0.15) is 33.3 Å². The van der Waals surface area contributed by atoms with E-state index in [0.717, 1.165) is 11.1 Å². The number of methoxy groups -OCH3 is 1. The lowest BCUT2D eigenvalue weighted by atomic mass is 9.96. The molecule has 2 aromatic heterocycles. The van der Waals surface area contributed by atoms with E-state index in [2.05, 4.69) is 21.5 Å². The van der Waals surface area contributed by atoms with Gasteiger partial charge in [0.05, 0.1) is 23.6 Å². The summed E-state index contributed by atoms with van der Waals surface area (Å²) in [5.41, 5.74) is 1.95. The van der Waals surface area contributed by atoms with Gasteiger partial charge in [0.1, 0.15) is 6.07 Å². The Bertz CT molecular complexity index is 1240. The zero-order valence-electron chi connectivity index (χ0n) is 18.7. The average Bonchev–Trinajstić information content (AvgIpc) is 3.37. The van der Waals surface area contributed by atoms with Gasteiger partial charge in [-0.3, -0.25) is 4.79 Å². The topological polar surface area (TPSA) is 111 Å². The van der Waals surface area contributed by atoms with Gasteiger partial charge in [-0.05, 0) is 30.7 Å². The third kappa shape index (κ3) is 3.97. The highest BCUT2D eigenvalue weighted by Crippen LogP contribution is 2.40. The van der Waals surface area contributed by atoms with Gasteiger partial charge in [-0.2, -0.15) is 10.4 Å². The normalized spacial score (nSPS) is 13.8. The second kappa shape index (κ2) is 8.13. The third-order valence-electron chi connectivity index (χ3n) is 5.26. The molecule has 32 heavy (non-hydrogen) atoms. The fourth-order valence-electron chi connectivity index (χ4n) is 3.31. The van der Waals surface area contributed by atoms with Gasteiger partial charge in [-0.1, -0.05) is 20.8 Å². The first kappa shape index (κ1) is 21.6. The molecule has 0 spiro atoms. The van der Waals surface area contributed by atoms with Gasteiger partial charge in [0.25, 0.3) is 0 Å². The molecule has 0 radical (unpaired) electrons. The summed E-state index contributed by atoms with van der Waals surface area (Å²) >= 11 is 0. The van der Waals surface area contributed by atoms with E-state index < -0.39 is 5.41 Å². The number of anilines is 1. The minimum atomic E-state index is -0.583. The summed E-state index contributed by atoms with van der Waals surface area (Å²) in [4.78, 5) is 17.3. The molecule has 0 bridgehead atoms. The molecular formula is C23H25N5O4. The molecule has 1 aromatic carbocycles. The summed E-state index contributed by atoms with van der Waals surface area (Å²) in [6, 6.07) is 7.60. The molecule has 4 rings (SSSR count). The summed E-state index contributed by atoms with van der Waals surface area (Å²) in [7, 11) is 1.64. The molecule has 0 saturated heterocycles. The van der Waals surface area contributed by atoms with Crippen LogP contribution in [0.2, 0.25) is 0 Å². The van der Waals surface area contributed by atoms with E-state index in [1.807, 2.05) is 39.8 Å². The van der Waals surface area contributed by atoms with E-state index in [4.69, 9.17) is 14.2 Å². The van der Waals surface area contributed by atoms with Crippen LogP contribution >= 0.6 is 0 Å². The lowest BCUT2D eigenvalue weighted by molar-refractivity contribution is -0.123. The molecular weight excluding hydrogens is 410 g/mol. The minimum Gasteiger partial charge on any atom is -0.454 e. The van der Waals surface area contributed by atoms with Crippen LogP contribution in [0.25, 0.3) is 22.2 Å². The highest BCUT2D eigenvalue weighted by Gasteiger charge is 2.25. The Balaban J connectivity index is 1.83. The summed E-state index contributed by atoms with van der Waals surface area (Å²) in [5, 5.41) is 17.7. The van der Waals surface area contributed by atoms with Crippen LogP contribution in [0.4, 0.5) is 5.82 Å². The molecule has 3 aromatic rings. The highest BCUT2D eigenvalue weighted by molar-refractivity contribution is 6.01. The number of hydrogen-bond donors (Lipinski definition) is 1. The number of hydrogen-bond acceptors (Lipinski definition) is 7. The van der Waals surface area contributed by atoms with E-state index in [1.54, 1.807) is 24.1 Å². The summed E-state index contributed by atoms with van der Waals surface area (Å²) in [6.07, 6.45) is 1.63. The lowest BCUT2D eigenvalue weighted by Crippen LogP contribution is -2.28. The van der Waals surface area contributed by atoms with E-state index in [9.17, 15) is 10.1 Å². The van der Waals surface area contributed by atoms with Crippen molar-refractivity contribution in [2.75, 3.05) is 19.2 Å². The Morgan fingerprint density at radius 3 is 2.78 bits per heavy atom. The number of carbonyl (C=O) groups is 1. The first-order chi connectivity index (χ1) is 15.2. The maximum Gasteiger partial charge on any atom is 0.231 e. The molecule has 0 aliphatic carbocycles. The van der Waals surface area contributed by atoms with Crippen LogP contribution in [0, 0.1) is 16.7 Å². The molecule has 0 fully saturated rings. The SMILES string of the molecule is COC(C)Cn1nc(NC(=O)C(C)(C)C)c2cc(-c3cc(C#N)c4c(c3)OCO4)cnc21. The number of rotatable bonds is 5. The van der Waals surface area contributed by atoms with Gasteiger partial charge in [0, 0.05) is 24.3 Å². The van der Waals surface area contributed by atoms with Crippen molar-refractivity contribution in [2.45, 2.75) is 40.3 Å². The molecule has 1 amide bonds. The quantitative estimate of drug-likeness (QED) is 0.650. The van der Waals surface area contributed by atoms with Crippen molar-refractivity contribution in [3.63, 3.8) is 0 Å². The molecule has 1 atom stereocenters. The number of nitriles is 1. The fraction of sp³-hybridized carbons (Fsp3) is 0.391. The van der Waals surface area contributed by atoms with Gasteiger partial charge < -0.3 is 19.5 Å². The highest BCUT2D eigenvalue weighted by atomic mass is 16.7. The summed E-state index contributed by atoms with van der Waals surface area (Å²) < 4.78 is 18.0. The third-order valence-corrected chi connectivity index (χ3v) is 5.26. The number of nitrogens with one attached hydrogen (secondary N) is 1. The zero-order chi connectivity index (χ0) is 23.0. The van der Waals surface area contributed by atoms with Crippen LogP contribution in [-0.4, -0.2) is 40.7 Å². The van der Waals surface area contributed by atoms with Gasteiger partial charge in [-0.15, -0.1) is 0 Å². The zero-order valence-corrected chi connectivity index (χ0v) is 18.7. The van der Waals surface area contributed by atoms with Gasteiger partial charge in [0.15, 0.2) is 23.0 Å². The number of aromatic nitrogens is 3. The van der Waals surface area contributed by atoms with Crippen molar-refractivity contribution >= 4 is 22.8 Å². The molecule has 1 unspecified atom stereocenters.